The Hall–Kier alpha value is -4.52. The highest BCUT2D eigenvalue weighted by molar-refractivity contribution is 6.17. The molecule has 0 saturated heterocycles. The van der Waals surface area contributed by atoms with Crippen LogP contribution in [0.4, 0.5) is 10.5 Å². The van der Waals surface area contributed by atoms with Gasteiger partial charge in [0.25, 0.3) is 0 Å². The van der Waals surface area contributed by atoms with E-state index in [2.05, 4.69) is 10.3 Å². The molecule has 0 atom stereocenters. The van der Waals surface area contributed by atoms with Crippen molar-refractivity contribution in [3.63, 3.8) is 0 Å². The average molecular weight is 439 g/mol. The molecule has 2 heterocycles. The van der Waals surface area contributed by atoms with Crippen LogP contribution in [0, 0.1) is 0 Å². The number of anilines is 1. The van der Waals surface area contributed by atoms with Crippen molar-refractivity contribution in [1.82, 2.24) is 9.88 Å². The van der Waals surface area contributed by atoms with E-state index in [1.807, 2.05) is 54.6 Å². The molecular formula is C26H21N3O4. The van der Waals surface area contributed by atoms with Crippen molar-refractivity contribution in [3.05, 3.63) is 96.3 Å². The zero-order valence-corrected chi connectivity index (χ0v) is 17.6. The van der Waals surface area contributed by atoms with Crippen LogP contribution in [0.5, 0.6) is 11.5 Å². The number of aromatic amines is 1. The van der Waals surface area contributed by atoms with Crippen LogP contribution in [0.1, 0.15) is 11.3 Å². The number of carbonyl (C=O) groups is 2. The van der Waals surface area contributed by atoms with Gasteiger partial charge in [-0.2, -0.15) is 0 Å². The largest absolute Gasteiger partial charge is 0.478 e. The molecule has 0 fully saturated rings. The lowest BCUT2D eigenvalue weighted by molar-refractivity contribution is -0.130. The highest BCUT2D eigenvalue weighted by Crippen LogP contribution is 2.31. The lowest BCUT2D eigenvalue weighted by Crippen LogP contribution is -2.32. The molecule has 3 N–H and O–H groups in total. The highest BCUT2D eigenvalue weighted by Gasteiger charge is 2.26. The molecule has 7 heteroatoms. The van der Waals surface area contributed by atoms with Crippen molar-refractivity contribution in [1.29, 1.82) is 0 Å². The number of hydrogen-bond acceptors (Lipinski definition) is 3. The van der Waals surface area contributed by atoms with Crippen molar-refractivity contribution in [2.24, 2.45) is 0 Å². The first-order chi connectivity index (χ1) is 16.1. The molecule has 0 bridgehead atoms. The minimum atomic E-state index is -1.09. The number of H-pyrrole nitrogens is 1. The second-order valence-electron chi connectivity index (χ2n) is 7.69. The number of benzene rings is 3. The number of amides is 2. The summed E-state index contributed by atoms with van der Waals surface area (Å²) in [5.41, 5.74) is 2.96. The van der Waals surface area contributed by atoms with Gasteiger partial charge in [0.2, 0.25) is 0 Å². The van der Waals surface area contributed by atoms with Gasteiger partial charge in [0.1, 0.15) is 11.5 Å². The van der Waals surface area contributed by atoms with Gasteiger partial charge in [-0.25, -0.2) is 9.59 Å². The van der Waals surface area contributed by atoms with Crippen LogP contribution in [0.25, 0.3) is 16.5 Å². The molecule has 5 rings (SSSR count). The van der Waals surface area contributed by atoms with Crippen LogP contribution in [-0.4, -0.2) is 33.5 Å². The van der Waals surface area contributed by atoms with Gasteiger partial charge in [0, 0.05) is 29.3 Å². The van der Waals surface area contributed by atoms with Gasteiger partial charge in [0.05, 0.1) is 11.3 Å². The van der Waals surface area contributed by atoms with Crippen molar-refractivity contribution in [3.8, 4) is 11.5 Å². The smallest absolute Gasteiger partial charge is 0.339 e. The number of ether oxygens (including phenoxy) is 1. The summed E-state index contributed by atoms with van der Waals surface area (Å²) in [6.07, 6.45) is 1.93. The van der Waals surface area contributed by atoms with Crippen LogP contribution in [0.15, 0.2) is 85.1 Å². The SMILES string of the molecule is O=C(O)C1=CN(C(=O)Nc2ccc(Oc3ccccc3)cc2)CCc2c1[nH]c1ccccc21. The zero-order chi connectivity index (χ0) is 22.8. The molecule has 1 aliphatic heterocycles. The van der Waals surface area contributed by atoms with Gasteiger partial charge in [-0.1, -0.05) is 36.4 Å². The maximum atomic E-state index is 12.9. The lowest BCUT2D eigenvalue weighted by Gasteiger charge is -2.18. The van der Waals surface area contributed by atoms with Crippen molar-refractivity contribution in [2.75, 3.05) is 11.9 Å². The first-order valence-corrected chi connectivity index (χ1v) is 10.5. The summed E-state index contributed by atoms with van der Waals surface area (Å²) < 4.78 is 5.77. The number of carboxylic acids is 1. The number of aromatic nitrogens is 1. The minimum Gasteiger partial charge on any atom is -0.478 e. The number of rotatable bonds is 4. The van der Waals surface area contributed by atoms with E-state index in [1.165, 1.54) is 11.1 Å². The van der Waals surface area contributed by atoms with Gasteiger partial charge in [-0.05, 0) is 54.4 Å². The normalized spacial score (nSPS) is 13.1. The fourth-order valence-corrected chi connectivity index (χ4v) is 3.96. The minimum absolute atomic E-state index is 0.0560. The van der Waals surface area contributed by atoms with E-state index < -0.39 is 12.0 Å². The highest BCUT2D eigenvalue weighted by atomic mass is 16.5. The number of urea groups is 1. The summed E-state index contributed by atoms with van der Waals surface area (Å²) in [6.45, 7) is 0.354. The Morgan fingerprint density at radius 2 is 1.61 bits per heavy atom. The Kier molecular flexibility index (Phi) is 5.28. The Morgan fingerprint density at radius 1 is 0.909 bits per heavy atom. The molecule has 1 aliphatic rings. The van der Waals surface area contributed by atoms with E-state index in [0.29, 0.717) is 30.1 Å². The third-order valence-electron chi connectivity index (χ3n) is 5.55. The summed E-state index contributed by atoms with van der Waals surface area (Å²) in [4.78, 5) is 29.5. The van der Waals surface area contributed by atoms with Gasteiger partial charge in [-0.15, -0.1) is 0 Å². The molecule has 0 unspecified atom stereocenters. The number of para-hydroxylation sites is 2. The van der Waals surface area contributed by atoms with Crippen LogP contribution in [-0.2, 0) is 11.2 Å². The van der Waals surface area contributed by atoms with Gasteiger partial charge in [0.15, 0.2) is 0 Å². The second-order valence-corrected chi connectivity index (χ2v) is 7.69. The Labute approximate surface area is 189 Å². The predicted octanol–water partition coefficient (Wildman–Crippen LogP) is 5.48. The molecule has 164 valence electrons. The first kappa shape index (κ1) is 20.4. The zero-order valence-electron chi connectivity index (χ0n) is 17.6. The average Bonchev–Trinajstić information content (AvgIpc) is 3.07. The summed E-state index contributed by atoms with van der Waals surface area (Å²) in [5, 5.41) is 13.6. The van der Waals surface area contributed by atoms with Crippen LogP contribution >= 0.6 is 0 Å². The second kappa shape index (κ2) is 8.55. The molecule has 0 spiro atoms. The summed E-state index contributed by atoms with van der Waals surface area (Å²) in [6, 6.07) is 23.7. The van der Waals surface area contributed by atoms with Crippen molar-refractivity contribution < 1.29 is 19.4 Å². The van der Waals surface area contributed by atoms with Gasteiger partial charge in [-0.3, -0.25) is 4.90 Å². The van der Waals surface area contributed by atoms with E-state index in [-0.39, 0.29) is 5.57 Å². The van der Waals surface area contributed by atoms with Gasteiger partial charge < -0.3 is 20.1 Å². The number of aliphatic carboxylic acids is 1. The van der Waals surface area contributed by atoms with E-state index >= 15 is 0 Å². The lowest BCUT2D eigenvalue weighted by atomic mass is 10.0. The topological polar surface area (TPSA) is 94.7 Å². The van der Waals surface area contributed by atoms with E-state index in [9.17, 15) is 14.7 Å². The van der Waals surface area contributed by atoms with Gasteiger partial charge >= 0.3 is 12.0 Å². The Bertz CT molecular complexity index is 1360. The molecule has 2 amide bonds. The molecule has 0 aliphatic carbocycles. The number of carboxylic acid groups (broad SMARTS) is 1. The van der Waals surface area contributed by atoms with Crippen molar-refractivity contribution >= 4 is 34.2 Å². The van der Waals surface area contributed by atoms with Crippen LogP contribution in [0.3, 0.4) is 0 Å². The quantitative estimate of drug-likeness (QED) is 0.393. The van der Waals surface area contributed by atoms with Crippen LogP contribution in [0.2, 0.25) is 0 Å². The Morgan fingerprint density at radius 3 is 2.36 bits per heavy atom. The maximum absolute atomic E-state index is 12.9. The molecular weight excluding hydrogens is 418 g/mol. The van der Waals surface area contributed by atoms with Crippen molar-refractivity contribution in [2.45, 2.75) is 6.42 Å². The number of carbonyl (C=O) groups excluding carboxylic acids is 1. The monoisotopic (exact) mass is 439 g/mol. The number of hydrogen-bond donors (Lipinski definition) is 3. The fourth-order valence-electron chi connectivity index (χ4n) is 3.96. The predicted molar refractivity (Wildman–Crippen MR) is 126 cm³/mol. The molecule has 4 aromatic rings. The number of nitrogens with zero attached hydrogens (tertiary/aromatic N) is 1. The summed E-state index contributed by atoms with van der Waals surface area (Å²) in [7, 11) is 0. The van der Waals surface area contributed by atoms with E-state index in [0.717, 1.165) is 22.2 Å². The third-order valence-corrected chi connectivity index (χ3v) is 5.55. The molecule has 33 heavy (non-hydrogen) atoms. The number of fused-ring (bicyclic) bond motifs is 3. The molecule has 7 nitrogen and oxygen atoms in total. The van der Waals surface area contributed by atoms with E-state index in [4.69, 9.17) is 4.74 Å². The molecule has 0 radical (unpaired) electrons. The van der Waals surface area contributed by atoms with Crippen LogP contribution < -0.4 is 10.1 Å². The fraction of sp³-hybridized carbons (Fsp3) is 0.0769. The molecule has 0 saturated carbocycles. The standard InChI is InChI=1S/C26H21N3O4/c30-25(31)22-16-29(15-14-21-20-8-4-5-9-23(20)28-24(21)22)26(32)27-17-10-12-19(13-11-17)33-18-6-2-1-3-7-18/h1-13,16,28H,14-15H2,(H,27,32)(H,30,31). The third kappa shape index (κ3) is 4.16. The van der Waals surface area contributed by atoms with E-state index in [1.54, 1.807) is 24.3 Å². The Balaban J connectivity index is 1.34. The number of nitrogens with one attached hydrogen (secondary N) is 2. The maximum Gasteiger partial charge on any atom is 0.339 e. The molecule has 1 aromatic heterocycles. The summed E-state index contributed by atoms with van der Waals surface area (Å²) in [5.74, 6) is 0.276. The summed E-state index contributed by atoms with van der Waals surface area (Å²) >= 11 is 0. The molecule has 3 aromatic carbocycles. The first-order valence-electron chi connectivity index (χ1n) is 10.5.